The molecule has 1 aliphatic heterocycles. The van der Waals surface area contributed by atoms with Gasteiger partial charge in [-0.1, -0.05) is 42.5 Å². The Hall–Kier alpha value is -2.70. The van der Waals surface area contributed by atoms with Crippen molar-refractivity contribution in [2.75, 3.05) is 51.6 Å². The lowest BCUT2D eigenvalue weighted by Gasteiger charge is -2.36. The van der Waals surface area contributed by atoms with Crippen molar-refractivity contribution in [3.63, 3.8) is 0 Å². The van der Waals surface area contributed by atoms with Crippen LogP contribution in [0.2, 0.25) is 0 Å². The standard InChI is InChI=1S/C26H34N4O2/c1-19-7-6-8-20(2)26(19)27-24(31)17-29-13-15-30(16-14-29)25(32)18-28(3)23-12-11-21-9-4-5-10-22(21)23/h4-10,23H,11-18H2,1-3H3,(H,27,31). The molecule has 1 heterocycles. The lowest BCUT2D eigenvalue weighted by molar-refractivity contribution is -0.134. The van der Waals surface area contributed by atoms with E-state index in [-0.39, 0.29) is 11.8 Å². The fraction of sp³-hybridized carbons (Fsp3) is 0.462. The summed E-state index contributed by atoms with van der Waals surface area (Å²) in [4.78, 5) is 31.7. The number of hydrogen-bond donors (Lipinski definition) is 1. The fourth-order valence-electron chi connectivity index (χ4n) is 4.97. The van der Waals surface area contributed by atoms with E-state index in [9.17, 15) is 9.59 Å². The molecule has 0 bridgehead atoms. The number of nitrogens with one attached hydrogen (secondary N) is 1. The van der Waals surface area contributed by atoms with E-state index in [0.29, 0.717) is 32.2 Å². The summed E-state index contributed by atoms with van der Waals surface area (Å²) in [6, 6.07) is 14.9. The molecule has 2 aromatic rings. The molecule has 0 saturated carbocycles. The van der Waals surface area contributed by atoms with Gasteiger partial charge in [0.25, 0.3) is 0 Å². The molecule has 4 rings (SSSR count). The Kier molecular flexibility index (Phi) is 6.92. The number of rotatable bonds is 6. The van der Waals surface area contributed by atoms with Crippen LogP contribution in [-0.4, -0.2) is 72.8 Å². The van der Waals surface area contributed by atoms with Crippen molar-refractivity contribution in [3.05, 3.63) is 64.7 Å². The number of carbonyl (C=O) groups is 2. The number of anilines is 1. The Labute approximate surface area is 191 Å². The van der Waals surface area contributed by atoms with E-state index < -0.39 is 0 Å². The minimum atomic E-state index is 0.00167. The second-order valence-electron chi connectivity index (χ2n) is 9.14. The number of amides is 2. The number of nitrogens with zero attached hydrogens (tertiary/aromatic N) is 3. The van der Waals surface area contributed by atoms with Gasteiger partial charge >= 0.3 is 0 Å². The highest BCUT2D eigenvalue weighted by Gasteiger charge is 2.29. The van der Waals surface area contributed by atoms with Crippen LogP contribution in [0.1, 0.15) is 34.7 Å². The fourth-order valence-corrected chi connectivity index (χ4v) is 4.97. The number of aryl methyl sites for hydroxylation is 3. The van der Waals surface area contributed by atoms with Gasteiger partial charge in [-0.05, 0) is 56.0 Å². The molecule has 1 saturated heterocycles. The summed E-state index contributed by atoms with van der Waals surface area (Å²) < 4.78 is 0. The van der Waals surface area contributed by atoms with Crippen molar-refractivity contribution in [3.8, 4) is 0 Å². The Bertz CT molecular complexity index is 961. The topological polar surface area (TPSA) is 55.9 Å². The van der Waals surface area contributed by atoms with Crippen molar-refractivity contribution in [2.45, 2.75) is 32.7 Å². The Balaban J connectivity index is 1.24. The molecule has 1 N–H and O–H groups in total. The molecule has 2 aliphatic rings. The van der Waals surface area contributed by atoms with Crippen LogP contribution in [0, 0.1) is 13.8 Å². The van der Waals surface area contributed by atoms with Gasteiger partial charge < -0.3 is 10.2 Å². The zero-order valence-corrected chi connectivity index (χ0v) is 19.4. The molecule has 0 spiro atoms. The van der Waals surface area contributed by atoms with Crippen molar-refractivity contribution in [1.29, 1.82) is 0 Å². The number of para-hydroxylation sites is 1. The second-order valence-corrected chi connectivity index (χ2v) is 9.14. The SMILES string of the molecule is Cc1cccc(C)c1NC(=O)CN1CCN(C(=O)CN(C)C2CCc3ccccc32)CC1. The van der Waals surface area contributed by atoms with Gasteiger partial charge in [0.15, 0.2) is 0 Å². The molecule has 1 aliphatic carbocycles. The van der Waals surface area contributed by atoms with Crippen LogP contribution in [-0.2, 0) is 16.0 Å². The third-order valence-electron chi connectivity index (χ3n) is 6.86. The highest BCUT2D eigenvalue weighted by atomic mass is 16.2. The zero-order valence-electron chi connectivity index (χ0n) is 19.4. The molecule has 170 valence electrons. The van der Waals surface area contributed by atoms with E-state index in [1.54, 1.807) is 0 Å². The number of benzene rings is 2. The Morgan fingerprint density at radius 3 is 2.41 bits per heavy atom. The molecule has 0 radical (unpaired) electrons. The molecule has 32 heavy (non-hydrogen) atoms. The summed E-state index contributed by atoms with van der Waals surface area (Å²) >= 11 is 0. The quantitative estimate of drug-likeness (QED) is 0.760. The van der Waals surface area contributed by atoms with Gasteiger partial charge in [0, 0.05) is 37.9 Å². The van der Waals surface area contributed by atoms with Gasteiger partial charge in [0.2, 0.25) is 11.8 Å². The van der Waals surface area contributed by atoms with Crippen LogP contribution < -0.4 is 5.32 Å². The Morgan fingerprint density at radius 1 is 1.00 bits per heavy atom. The molecule has 6 nitrogen and oxygen atoms in total. The van der Waals surface area contributed by atoms with E-state index >= 15 is 0 Å². The third-order valence-corrected chi connectivity index (χ3v) is 6.86. The summed E-state index contributed by atoms with van der Waals surface area (Å²) in [5.74, 6) is 0.179. The predicted molar refractivity (Wildman–Crippen MR) is 128 cm³/mol. The maximum Gasteiger partial charge on any atom is 0.238 e. The van der Waals surface area contributed by atoms with Crippen molar-refractivity contribution in [2.24, 2.45) is 0 Å². The summed E-state index contributed by atoms with van der Waals surface area (Å²) in [7, 11) is 2.05. The molecule has 0 aromatic heterocycles. The molecule has 1 fully saturated rings. The lowest BCUT2D eigenvalue weighted by atomic mass is 10.1. The number of hydrogen-bond acceptors (Lipinski definition) is 4. The first-order valence-corrected chi connectivity index (χ1v) is 11.6. The highest BCUT2D eigenvalue weighted by molar-refractivity contribution is 5.93. The van der Waals surface area contributed by atoms with Crippen molar-refractivity contribution >= 4 is 17.5 Å². The van der Waals surface area contributed by atoms with Gasteiger partial charge in [-0.15, -0.1) is 0 Å². The third kappa shape index (κ3) is 5.03. The average Bonchev–Trinajstić information content (AvgIpc) is 3.21. The van der Waals surface area contributed by atoms with Crippen LogP contribution in [0.25, 0.3) is 0 Å². The van der Waals surface area contributed by atoms with Crippen LogP contribution in [0.3, 0.4) is 0 Å². The number of carbonyl (C=O) groups excluding carboxylic acids is 2. The highest BCUT2D eigenvalue weighted by Crippen LogP contribution is 2.34. The monoisotopic (exact) mass is 434 g/mol. The summed E-state index contributed by atoms with van der Waals surface area (Å²) in [6.07, 6.45) is 2.16. The van der Waals surface area contributed by atoms with E-state index in [1.807, 2.05) is 36.9 Å². The number of piperazine rings is 1. The maximum absolute atomic E-state index is 12.9. The van der Waals surface area contributed by atoms with Crippen LogP contribution in [0.4, 0.5) is 5.69 Å². The minimum Gasteiger partial charge on any atom is -0.339 e. The van der Waals surface area contributed by atoms with Crippen LogP contribution in [0.5, 0.6) is 0 Å². The average molecular weight is 435 g/mol. The van der Waals surface area contributed by atoms with Crippen molar-refractivity contribution in [1.82, 2.24) is 14.7 Å². The van der Waals surface area contributed by atoms with E-state index in [1.165, 1.54) is 11.1 Å². The molecular weight excluding hydrogens is 400 g/mol. The molecular formula is C26H34N4O2. The largest absolute Gasteiger partial charge is 0.339 e. The van der Waals surface area contributed by atoms with Crippen molar-refractivity contribution < 1.29 is 9.59 Å². The van der Waals surface area contributed by atoms with Gasteiger partial charge in [0.05, 0.1) is 13.1 Å². The first kappa shape index (κ1) is 22.5. The van der Waals surface area contributed by atoms with Crippen LogP contribution in [0.15, 0.2) is 42.5 Å². The van der Waals surface area contributed by atoms with E-state index in [2.05, 4.69) is 46.4 Å². The molecule has 1 unspecified atom stereocenters. The smallest absolute Gasteiger partial charge is 0.238 e. The zero-order chi connectivity index (χ0) is 22.7. The maximum atomic E-state index is 12.9. The summed E-state index contributed by atoms with van der Waals surface area (Å²) in [5, 5.41) is 3.06. The molecule has 1 atom stereocenters. The summed E-state index contributed by atoms with van der Waals surface area (Å²) in [6.45, 7) is 7.60. The number of likely N-dealkylation sites (N-methyl/N-ethyl adjacent to an activating group) is 1. The molecule has 2 aromatic carbocycles. The molecule has 2 amide bonds. The Morgan fingerprint density at radius 2 is 1.69 bits per heavy atom. The van der Waals surface area contributed by atoms with Crippen LogP contribution >= 0.6 is 0 Å². The summed E-state index contributed by atoms with van der Waals surface area (Å²) in [5.41, 5.74) is 5.82. The van der Waals surface area contributed by atoms with E-state index in [4.69, 9.17) is 0 Å². The minimum absolute atomic E-state index is 0.00167. The van der Waals surface area contributed by atoms with Gasteiger partial charge in [-0.2, -0.15) is 0 Å². The second kappa shape index (κ2) is 9.84. The van der Waals surface area contributed by atoms with Gasteiger partial charge in [-0.3, -0.25) is 19.4 Å². The normalized spacial score (nSPS) is 18.6. The van der Waals surface area contributed by atoms with Gasteiger partial charge in [0.1, 0.15) is 0 Å². The van der Waals surface area contributed by atoms with Gasteiger partial charge in [-0.25, -0.2) is 0 Å². The van der Waals surface area contributed by atoms with E-state index in [0.717, 1.165) is 42.7 Å². The predicted octanol–water partition coefficient (Wildman–Crippen LogP) is 3.01. The number of fused-ring (bicyclic) bond motifs is 1. The first-order valence-electron chi connectivity index (χ1n) is 11.6. The first-order chi connectivity index (χ1) is 15.4. The molecule has 6 heteroatoms. The lowest BCUT2D eigenvalue weighted by Crippen LogP contribution is -2.52.